The molecular weight excluding hydrogens is 242 g/mol. The normalized spacial score (nSPS) is 22.3. The summed E-state index contributed by atoms with van der Waals surface area (Å²) in [4.78, 5) is 33.2. The van der Waals surface area contributed by atoms with Crippen LogP contribution < -0.4 is 16.0 Å². The molecule has 0 saturated carbocycles. The highest BCUT2D eigenvalue weighted by molar-refractivity contribution is 5.79. The third-order valence-electron chi connectivity index (χ3n) is 2.63. The molecule has 1 rings (SSSR count). The Balaban J connectivity index is 2.27. The summed E-state index contributed by atoms with van der Waals surface area (Å²) in [5.74, 6) is -1.90. The van der Waals surface area contributed by atoms with Crippen LogP contribution in [0.15, 0.2) is 0 Å². The van der Waals surface area contributed by atoms with E-state index in [0.717, 1.165) is 0 Å². The summed E-state index contributed by atoms with van der Waals surface area (Å²) in [5, 5.41) is 16.3. The van der Waals surface area contributed by atoms with Crippen LogP contribution in [0.5, 0.6) is 0 Å². The minimum Gasteiger partial charge on any atom is -0.481 e. The molecule has 1 aliphatic heterocycles. The lowest BCUT2D eigenvalue weighted by Gasteiger charge is -2.16. The zero-order valence-electron chi connectivity index (χ0n) is 10.1. The first kappa shape index (κ1) is 14.2. The minimum atomic E-state index is -0.997. The van der Waals surface area contributed by atoms with Gasteiger partial charge in [-0.25, -0.2) is 4.79 Å². The van der Waals surface area contributed by atoms with Gasteiger partial charge in [0.2, 0.25) is 5.91 Å². The topological polar surface area (TPSA) is 117 Å². The maximum absolute atomic E-state index is 11.4. The summed E-state index contributed by atoms with van der Waals surface area (Å²) in [6, 6.07) is -1.04. The number of carboxylic acid groups (broad SMARTS) is 1. The van der Waals surface area contributed by atoms with Crippen LogP contribution in [0.1, 0.15) is 6.42 Å². The molecule has 0 bridgehead atoms. The van der Waals surface area contributed by atoms with E-state index < -0.39 is 24.0 Å². The van der Waals surface area contributed by atoms with Gasteiger partial charge in [-0.1, -0.05) is 0 Å². The van der Waals surface area contributed by atoms with Gasteiger partial charge < -0.3 is 25.8 Å². The lowest BCUT2D eigenvalue weighted by Crippen LogP contribution is -2.47. The van der Waals surface area contributed by atoms with Gasteiger partial charge in [0.25, 0.3) is 0 Å². The molecule has 2 unspecified atom stereocenters. The maximum atomic E-state index is 11.4. The fourth-order valence-electron chi connectivity index (χ4n) is 1.57. The molecule has 4 N–H and O–H groups in total. The Morgan fingerprint density at radius 1 is 1.33 bits per heavy atom. The second-order valence-corrected chi connectivity index (χ2v) is 3.91. The number of rotatable bonds is 5. The van der Waals surface area contributed by atoms with Crippen LogP contribution in [0.2, 0.25) is 0 Å². The summed E-state index contributed by atoms with van der Waals surface area (Å²) in [6.45, 7) is 0.467. The Bertz CT molecular complexity index is 333. The van der Waals surface area contributed by atoms with Crippen molar-refractivity contribution < 1.29 is 24.2 Å². The van der Waals surface area contributed by atoms with Gasteiger partial charge in [0.15, 0.2) is 0 Å². The molecule has 0 aromatic heterocycles. The zero-order chi connectivity index (χ0) is 13.5. The monoisotopic (exact) mass is 259 g/mol. The zero-order valence-corrected chi connectivity index (χ0v) is 10.1. The van der Waals surface area contributed by atoms with Crippen LogP contribution in [-0.4, -0.2) is 55.9 Å². The molecule has 0 aromatic carbocycles. The van der Waals surface area contributed by atoms with Gasteiger partial charge in [-0.15, -0.1) is 0 Å². The van der Waals surface area contributed by atoms with E-state index in [1.165, 1.54) is 7.05 Å². The van der Waals surface area contributed by atoms with E-state index in [2.05, 4.69) is 16.0 Å². The van der Waals surface area contributed by atoms with Gasteiger partial charge >= 0.3 is 12.0 Å². The van der Waals surface area contributed by atoms with E-state index >= 15 is 0 Å². The fourth-order valence-corrected chi connectivity index (χ4v) is 1.57. The average molecular weight is 259 g/mol. The molecule has 0 aromatic rings. The van der Waals surface area contributed by atoms with E-state index in [1.54, 1.807) is 0 Å². The first-order chi connectivity index (χ1) is 8.54. The highest BCUT2D eigenvalue weighted by atomic mass is 16.5. The number of carboxylic acids is 1. The molecule has 1 saturated heterocycles. The Hall–Kier alpha value is -1.83. The van der Waals surface area contributed by atoms with Crippen molar-refractivity contribution >= 4 is 17.9 Å². The Kier molecular flexibility index (Phi) is 5.37. The maximum Gasteiger partial charge on any atom is 0.315 e. The van der Waals surface area contributed by atoms with Gasteiger partial charge in [0.05, 0.1) is 19.3 Å². The fraction of sp³-hybridized carbons (Fsp3) is 0.700. The second-order valence-electron chi connectivity index (χ2n) is 3.91. The number of hydrogen-bond acceptors (Lipinski definition) is 4. The smallest absolute Gasteiger partial charge is 0.315 e. The third kappa shape index (κ3) is 4.21. The molecule has 0 spiro atoms. The molecule has 1 aliphatic rings. The summed E-state index contributed by atoms with van der Waals surface area (Å²) in [6.07, 6.45) is 0.174. The number of nitrogens with one attached hydrogen (secondary N) is 3. The van der Waals surface area contributed by atoms with E-state index in [4.69, 9.17) is 9.84 Å². The van der Waals surface area contributed by atoms with Crippen molar-refractivity contribution in [3.8, 4) is 0 Å². The average Bonchev–Trinajstić information content (AvgIpc) is 2.76. The van der Waals surface area contributed by atoms with Gasteiger partial charge in [0, 0.05) is 20.0 Å². The van der Waals surface area contributed by atoms with Crippen molar-refractivity contribution in [3.63, 3.8) is 0 Å². The van der Waals surface area contributed by atoms with Crippen LogP contribution in [-0.2, 0) is 14.3 Å². The molecule has 2 atom stereocenters. The molecule has 1 heterocycles. The molecule has 1 fully saturated rings. The summed E-state index contributed by atoms with van der Waals surface area (Å²) < 4.78 is 5.00. The SMILES string of the molecule is CNC(=O)CCNC(=O)NC1COCC1C(=O)O. The van der Waals surface area contributed by atoms with Crippen LogP contribution in [0.4, 0.5) is 4.79 Å². The molecule has 0 radical (unpaired) electrons. The second kappa shape index (κ2) is 6.80. The Morgan fingerprint density at radius 3 is 2.67 bits per heavy atom. The molecule has 18 heavy (non-hydrogen) atoms. The van der Waals surface area contributed by atoms with E-state index in [0.29, 0.717) is 0 Å². The predicted octanol–water partition coefficient (Wildman–Crippen LogP) is -1.48. The van der Waals surface area contributed by atoms with Crippen molar-refractivity contribution in [1.82, 2.24) is 16.0 Å². The number of ether oxygens (including phenoxy) is 1. The van der Waals surface area contributed by atoms with Crippen molar-refractivity contribution in [2.75, 3.05) is 26.8 Å². The van der Waals surface area contributed by atoms with E-state index in [-0.39, 0.29) is 32.1 Å². The first-order valence-corrected chi connectivity index (χ1v) is 5.60. The quantitative estimate of drug-likeness (QED) is 0.480. The Labute approximate surface area is 104 Å². The summed E-state index contributed by atoms with van der Waals surface area (Å²) >= 11 is 0. The Morgan fingerprint density at radius 2 is 2.06 bits per heavy atom. The van der Waals surface area contributed by atoms with Crippen molar-refractivity contribution in [1.29, 1.82) is 0 Å². The minimum absolute atomic E-state index is 0.0958. The number of carbonyl (C=O) groups is 3. The first-order valence-electron chi connectivity index (χ1n) is 5.60. The number of amides is 3. The van der Waals surface area contributed by atoms with Crippen molar-refractivity contribution in [2.45, 2.75) is 12.5 Å². The number of hydrogen-bond donors (Lipinski definition) is 4. The molecular formula is C10H17N3O5. The number of aliphatic carboxylic acids is 1. The third-order valence-corrected chi connectivity index (χ3v) is 2.63. The lowest BCUT2D eigenvalue weighted by atomic mass is 10.0. The van der Waals surface area contributed by atoms with Crippen LogP contribution in [0, 0.1) is 5.92 Å². The molecule has 8 nitrogen and oxygen atoms in total. The lowest BCUT2D eigenvalue weighted by molar-refractivity contribution is -0.142. The molecule has 3 amide bonds. The standard InChI is InChI=1S/C10H17N3O5/c1-11-8(14)2-3-12-10(17)13-7-5-18-4-6(7)9(15)16/h6-7H,2-5H2,1H3,(H,11,14)(H,15,16)(H2,12,13,17). The van der Waals surface area contributed by atoms with Gasteiger partial charge in [-0.2, -0.15) is 0 Å². The van der Waals surface area contributed by atoms with Crippen LogP contribution in [0.25, 0.3) is 0 Å². The molecule has 102 valence electrons. The van der Waals surface area contributed by atoms with Gasteiger partial charge in [-0.05, 0) is 0 Å². The van der Waals surface area contributed by atoms with E-state index in [9.17, 15) is 14.4 Å². The number of carbonyl (C=O) groups excluding carboxylic acids is 2. The highest BCUT2D eigenvalue weighted by Crippen LogP contribution is 2.13. The van der Waals surface area contributed by atoms with Gasteiger partial charge in [-0.3, -0.25) is 9.59 Å². The molecule has 8 heteroatoms. The van der Waals surface area contributed by atoms with Crippen molar-refractivity contribution in [3.05, 3.63) is 0 Å². The summed E-state index contributed by atoms with van der Waals surface area (Å²) in [7, 11) is 1.51. The van der Waals surface area contributed by atoms with E-state index in [1.807, 2.05) is 0 Å². The predicted molar refractivity (Wildman–Crippen MR) is 61.0 cm³/mol. The van der Waals surface area contributed by atoms with Crippen molar-refractivity contribution in [2.24, 2.45) is 5.92 Å². The molecule has 0 aliphatic carbocycles. The highest BCUT2D eigenvalue weighted by Gasteiger charge is 2.34. The number of urea groups is 1. The van der Waals surface area contributed by atoms with Gasteiger partial charge in [0.1, 0.15) is 5.92 Å². The van der Waals surface area contributed by atoms with Crippen LogP contribution in [0.3, 0.4) is 0 Å². The summed E-state index contributed by atoms with van der Waals surface area (Å²) in [5.41, 5.74) is 0. The van der Waals surface area contributed by atoms with Crippen LogP contribution >= 0.6 is 0 Å². The largest absolute Gasteiger partial charge is 0.481 e.